The molecule has 0 aliphatic carbocycles. The Balaban J connectivity index is 0.000000448. The van der Waals surface area contributed by atoms with Gasteiger partial charge in [0, 0.05) is 38.4 Å². The van der Waals surface area contributed by atoms with E-state index in [-0.39, 0.29) is 5.69 Å². The first-order chi connectivity index (χ1) is 18.5. The van der Waals surface area contributed by atoms with Gasteiger partial charge in [0.1, 0.15) is 11.4 Å². The quantitative estimate of drug-likeness (QED) is 0.443. The molecule has 39 heavy (non-hydrogen) atoms. The van der Waals surface area contributed by atoms with E-state index in [9.17, 15) is 26.7 Å². The predicted molar refractivity (Wildman–Crippen MR) is 128 cm³/mol. The number of amides is 1. The first kappa shape index (κ1) is 28.1. The molecule has 0 spiro atoms. The first-order valence-electron chi connectivity index (χ1n) is 12.1. The second-order valence-corrected chi connectivity index (χ2v) is 8.93. The summed E-state index contributed by atoms with van der Waals surface area (Å²) in [5.74, 6) is -1.98. The van der Waals surface area contributed by atoms with Crippen molar-refractivity contribution >= 4 is 29.2 Å². The number of carbonyl (C=O) groups is 2. The minimum atomic E-state index is -5.08. The number of ether oxygens (including phenoxy) is 1. The van der Waals surface area contributed by atoms with Gasteiger partial charge in [-0.25, -0.2) is 28.5 Å². The van der Waals surface area contributed by atoms with Crippen LogP contribution in [0, 0.1) is 0 Å². The molecule has 2 saturated heterocycles. The highest BCUT2D eigenvalue weighted by atomic mass is 19.4. The molecule has 3 aromatic heterocycles. The van der Waals surface area contributed by atoms with E-state index < -0.39 is 30.2 Å². The lowest BCUT2D eigenvalue weighted by atomic mass is 9.97. The van der Waals surface area contributed by atoms with E-state index in [0.29, 0.717) is 17.6 Å². The smallest absolute Gasteiger partial charge is 0.475 e. The summed E-state index contributed by atoms with van der Waals surface area (Å²) in [6, 6.07) is 3.99. The normalized spacial score (nSPS) is 16.3. The molecule has 5 heterocycles. The summed E-state index contributed by atoms with van der Waals surface area (Å²) in [7, 11) is 0. The number of nitrogens with zero attached hydrogens (tertiary/aromatic N) is 5. The summed E-state index contributed by atoms with van der Waals surface area (Å²) in [6.45, 7) is 3.19. The number of aliphatic carboxylic acids is 1. The van der Waals surface area contributed by atoms with E-state index in [0.717, 1.165) is 63.3 Å². The number of nitrogens with one attached hydrogen (secondary N) is 1. The van der Waals surface area contributed by atoms with Crippen LogP contribution in [-0.2, 0) is 9.53 Å². The van der Waals surface area contributed by atoms with Crippen LogP contribution in [0.2, 0.25) is 0 Å². The topological polar surface area (TPSA) is 122 Å². The zero-order valence-electron chi connectivity index (χ0n) is 20.5. The first-order valence-corrected chi connectivity index (χ1v) is 12.1. The maximum absolute atomic E-state index is 13.0. The number of halogens is 5. The molecule has 0 unspecified atom stereocenters. The van der Waals surface area contributed by atoms with Gasteiger partial charge in [0.15, 0.2) is 17.3 Å². The monoisotopic (exact) mass is 556 g/mol. The summed E-state index contributed by atoms with van der Waals surface area (Å²) >= 11 is 0. The lowest BCUT2D eigenvalue weighted by molar-refractivity contribution is -0.192. The number of aromatic nitrogens is 4. The molecule has 0 aromatic carbocycles. The summed E-state index contributed by atoms with van der Waals surface area (Å²) in [4.78, 5) is 37.1. The standard InChI is InChI=1S/C22H24F2N6O2.C2HF3O2/c23-19(24)15-4-3-5-16(25-15)22(31)28-18-13-30-12-17(14-6-10-32-11-7-14)26-20(30)21(27-18)29-8-1-2-9-29;3-2(4,5)1(6)7/h3-5,12-14,19H,1-2,6-11H2,(H,28,31);(H,6,7). The number of alkyl halides is 5. The zero-order valence-corrected chi connectivity index (χ0v) is 20.5. The van der Waals surface area contributed by atoms with Gasteiger partial charge >= 0.3 is 12.1 Å². The van der Waals surface area contributed by atoms with Crippen LogP contribution in [-0.4, -0.2) is 68.8 Å². The maximum Gasteiger partial charge on any atom is 0.490 e. The zero-order chi connectivity index (χ0) is 28.2. The minimum absolute atomic E-state index is 0.0825. The summed E-state index contributed by atoms with van der Waals surface area (Å²) in [6.07, 6.45) is -0.145. The molecule has 0 radical (unpaired) electrons. The van der Waals surface area contributed by atoms with Crippen LogP contribution in [0.4, 0.5) is 33.6 Å². The van der Waals surface area contributed by atoms with Crippen molar-refractivity contribution in [2.45, 2.75) is 44.2 Å². The predicted octanol–water partition coefficient (Wildman–Crippen LogP) is 4.44. The summed E-state index contributed by atoms with van der Waals surface area (Å²) in [5.41, 5.74) is 1.23. The van der Waals surface area contributed by atoms with Gasteiger partial charge in [0.05, 0.1) is 11.9 Å². The van der Waals surface area contributed by atoms with Gasteiger partial charge in [-0.3, -0.25) is 9.20 Å². The number of hydrogen-bond donors (Lipinski definition) is 2. The molecule has 3 aromatic rings. The van der Waals surface area contributed by atoms with Crippen molar-refractivity contribution in [3.63, 3.8) is 0 Å². The highest BCUT2D eigenvalue weighted by molar-refractivity contribution is 6.02. The van der Waals surface area contributed by atoms with Crippen molar-refractivity contribution in [1.29, 1.82) is 0 Å². The molecule has 210 valence electrons. The third-order valence-corrected chi connectivity index (χ3v) is 6.19. The van der Waals surface area contributed by atoms with Crippen molar-refractivity contribution in [1.82, 2.24) is 19.4 Å². The highest BCUT2D eigenvalue weighted by Gasteiger charge is 2.38. The van der Waals surface area contributed by atoms with Crippen molar-refractivity contribution in [2.24, 2.45) is 0 Å². The van der Waals surface area contributed by atoms with Crippen molar-refractivity contribution in [3.05, 3.63) is 47.7 Å². The van der Waals surface area contributed by atoms with Crippen molar-refractivity contribution < 1.29 is 41.4 Å². The largest absolute Gasteiger partial charge is 0.490 e. The fourth-order valence-corrected chi connectivity index (χ4v) is 4.27. The van der Waals surface area contributed by atoms with E-state index in [1.165, 1.54) is 18.2 Å². The number of carbonyl (C=O) groups excluding carboxylic acids is 1. The molecule has 5 rings (SSSR count). The molecule has 2 aliphatic rings. The fourth-order valence-electron chi connectivity index (χ4n) is 4.27. The molecule has 2 fully saturated rings. The number of carboxylic acids is 1. The highest BCUT2D eigenvalue weighted by Crippen LogP contribution is 2.30. The lowest BCUT2D eigenvalue weighted by Gasteiger charge is -2.20. The Kier molecular flexibility index (Phi) is 8.57. The van der Waals surface area contributed by atoms with Crippen LogP contribution >= 0.6 is 0 Å². The van der Waals surface area contributed by atoms with Crippen LogP contribution in [0.15, 0.2) is 30.6 Å². The van der Waals surface area contributed by atoms with Gasteiger partial charge in [-0.05, 0) is 37.8 Å². The maximum atomic E-state index is 13.0. The van der Waals surface area contributed by atoms with Gasteiger partial charge in [0.2, 0.25) is 0 Å². The molecular weight excluding hydrogens is 531 g/mol. The number of pyridine rings is 1. The second-order valence-electron chi connectivity index (χ2n) is 8.93. The van der Waals surface area contributed by atoms with E-state index in [4.69, 9.17) is 19.6 Å². The van der Waals surface area contributed by atoms with E-state index in [2.05, 4.69) is 20.2 Å². The van der Waals surface area contributed by atoms with E-state index in [1.807, 2.05) is 10.6 Å². The Hall–Kier alpha value is -3.88. The van der Waals surface area contributed by atoms with Gasteiger partial charge in [0.25, 0.3) is 12.3 Å². The Morgan fingerprint density at radius 1 is 1.05 bits per heavy atom. The van der Waals surface area contributed by atoms with E-state index >= 15 is 0 Å². The number of fused-ring (bicyclic) bond motifs is 1. The third kappa shape index (κ3) is 6.96. The average Bonchev–Trinajstić information content (AvgIpc) is 3.59. The average molecular weight is 556 g/mol. The number of rotatable bonds is 5. The number of carboxylic acid groups (broad SMARTS) is 1. The second kappa shape index (κ2) is 11.9. The lowest BCUT2D eigenvalue weighted by Crippen LogP contribution is -2.22. The Labute approximate surface area is 218 Å². The van der Waals surface area contributed by atoms with Crippen molar-refractivity contribution in [3.8, 4) is 0 Å². The van der Waals surface area contributed by atoms with E-state index in [1.54, 1.807) is 6.20 Å². The number of anilines is 2. The molecule has 2 N–H and O–H groups in total. The molecule has 0 atom stereocenters. The minimum Gasteiger partial charge on any atom is -0.475 e. The van der Waals surface area contributed by atoms with Crippen LogP contribution in [0.5, 0.6) is 0 Å². The Bertz CT molecular complexity index is 1320. The number of imidazole rings is 1. The van der Waals surface area contributed by atoms with Crippen LogP contribution < -0.4 is 10.2 Å². The van der Waals surface area contributed by atoms with Crippen LogP contribution in [0.1, 0.15) is 59.9 Å². The van der Waals surface area contributed by atoms with Crippen LogP contribution in [0.25, 0.3) is 5.65 Å². The van der Waals surface area contributed by atoms with Gasteiger partial charge < -0.3 is 20.1 Å². The molecule has 0 saturated carbocycles. The molecule has 0 bridgehead atoms. The fraction of sp³-hybridized carbons (Fsp3) is 0.458. The SMILES string of the molecule is O=C(Nc1cn2cc(C3CCOCC3)nc2c(N2CCCC2)n1)c1cccc(C(F)F)n1.O=C(O)C(F)(F)F. The van der Waals surface area contributed by atoms with Gasteiger partial charge in [-0.2, -0.15) is 13.2 Å². The Morgan fingerprint density at radius 3 is 2.33 bits per heavy atom. The van der Waals surface area contributed by atoms with Crippen molar-refractivity contribution in [2.75, 3.05) is 36.5 Å². The summed E-state index contributed by atoms with van der Waals surface area (Å²) in [5, 5.41) is 9.84. The third-order valence-electron chi connectivity index (χ3n) is 6.19. The number of hydrogen-bond acceptors (Lipinski definition) is 7. The summed E-state index contributed by atoms with van der Waals surface area (Å²) < 4.78 is 65.0. The van der Waals surface area contributed by atoms with Crippen LogP contribution in [0.3, 0.4) is 0 Å². The molecular formula is C24H25F5N6O4. The molecule has 10 nitrogen and oxygen atoms in total. The molecule has 2 aliphatic heterocycles. The molecule has 1 amide bonds. The van der Waals surface area contributed by atoms with Gasteiger partial charge in [-0.1, -0.05) is 6.07 Å². The Morgan fingerprint density at radius 2 is 1.72 bits per heavy atom. The van der Waals surface area contributed by atoms with Gasteiger partial charge in [-0.15, -0.1) is 0 Å². The molecule has 15 heteroatoms.